The zero-order chi connectivity index (χ0) is 16.1. The van der Waals surface area contributed by atoms with Gasteiger partial charge in [-0.1, -0.05) is 18.2 Å². The van der Waals surface area contributed by atoms with Crippen LogP contribution >= 0.6 is 0 Å². The van der Waals surface area contributed by atoms with E-state index in [0.29, 0.717) is 18.2 Å². The zero-order valence-corrected chi connectivity index (χ0v) is 13.0. The average molecular weight is 310 g/mol. The van der Waals surface area contributed by atoms with Crippen molar-refractivity contribution in [3.05, 3.63) is 48.5 Å². The smallest absolute Gasteiger partial charge is 0.257 e. The minimum atomic E-state index is 0.0435. The Morgan fingerprint density at radius 2 is 2.04 bits per heavy atom. The number of H-pyrrole nitrogens is 1. The SMILES string of the molecule is CC(C)Oc1nccnc1NCc1cccc(-c2ncn[nH]2)c1. The molecule has 0 saturated carbocycles. The number of hydrogen-bond acceptors (Lipinski definition) is 6. The summed E-state index contributed by atoms with van der Waals surface area (Å²) in [5, 5.41) is 10.00. The van der Waals surface area contributed by atoms with Crippen molar-refractivity contribution in [2.45, 2.75) is 26.5 Å². The van der Waals surface area contributed by atoms with Crippen molar-refractivity contribution in [1.29, 1.82) is 0 Å². The van der Waals surface area contributed by atoms with Crippen LogP contribution in [0, 0.1) is 0 Å². The van der Waals surface area contributed by atoms with Crippen molar-refractivity contribution in [3.8, 4) is 17.3 Å². The summed E-state index contributed by atoms with van der Waals surface area (Å²) in [6.07, 6.45) is 4.80. The molecule has 7 nitrogen and oxygen atoms in total. The molecule has 3 rings (SSSR count). The van der Waals surface area contributed by atoms with Crippen LogP contribution in [0.1, 0.15) is 19.4 Å². The van der Waals surface area contributed by atoms with Crippen LogP contribution in [-0.4, -0.2) is 31.3 Å². The van der Waals surface area contributed by atoms with Crippen molar-refractivity contribution < 1.29 is 4.74 Å². The van der Waals surface area contributed by atoms with Gasteiger partial charge in [0, 0.05) is 24.5 Å². The summed E-state index contributed by atoms with van der Waals surface area (Å²) in [6, 6.07) is 8.05. The molecule has 0 atom stereocenters. The van der Waals surface area contributed by atoms with Crippen LogP contribution in [0.25, 0.3) is 11.4 Å². The molecule has 0 amide bonds. The topological polar surface area (TPSA) is 88.6 Å². The molecule has 0 unspecified atom stereocenters. The fourth-order valence-electron chi connectivity index (χ4n) is 2.11. The molecule has 1 aromatic carbocycles. The van der Waals surface area contributed by atoms with Gasteiger partial charge in [0.2, 0.25) is 0 Å². The Morgan fingerprint density at radius 3 is 2.83 bits per heavy atom. The summed E-state index contributed by atoms with van der Waals surface area (Å²) in [6.45, 7) is 4.52. The highest BCUT2D eigenvalue weighted by molar-refractivity contribution is 5.56. The van der Waals surface area contributed by atoms with Gasteiger partial charge in [-0.3, -0.25) is 5.10 Å². The molecular weight excluding hydrogens is 292 g/mol. The van der Waals surface area contributed by atoms with E-state index in [9.17, 15) is 0 Å². The number of ether oxygens (including phenoxy) is 1. The third-order valence-corrected chi connectivity index (χ3v) is 3.09. The first kappa shape index (κ1) is 15.0. The molecule has 3 aromatic rings. The van der Waals surface area contributed by atoms with Crippen LogP contribution in [0.3, 0.4) is 0 Å². The lowest BCUT2D eigenvalue weighted by atomic mass is 10.1. The lowest BCUT2D eigenvalue weighted by molar-refractivity contribution is 0.233. The maximum Gasteiger partial charge on any atom is 0.257 e. The highest BCUT2D eigenvalue weighted by atomic mass is 16.5. The highest BCUT2D eigenvalue weighted by Crippen LogP contribution is 2.21. The third kappa shape index (κ3) is 3.82. The average Bonchev–Trinajstić information content (AvgIpc) is 3.08. The summed E-state index contributed by atoms with van der Waals surface area (Å²) in [7, 11) is 0. The van der Waals surface area contributed by atoms with Gasteiger partial charge in [-0.25, -0.2) is 15.0 Å². The molecule has 7 heteroatoms. The Bertz CT molecular complexity index is 757. The van der Waals surface area contributed by atoms with Crippen molar-refractivity contribution in [3.63, 3.8) is 0 Å². The summed E-state index contributed by atoms with van der Waals surface area (Å²) in [5.74, 6) is 1.88. The number of nitrogens with one attached hydrogen (secondary N) is 2. The quantitative estimate of drug-likeness (QED) is 0.727. The number of hydrogen-bond donors (Lipinski definition) is 2. The Hall–Kier alpha value is -2.96. The number of anilines is 1. The van der Waals surface area contributed by atoms with Gasteiger partial charge in [-0.2, -0.15) is 5.10 Å². The molecule has 0 aliphatic carbocycles. The van der Waals surface area contributed by atoms with E-state index in [0.717, 1.165) is 17.0 Å². The first-order valence-electron chi connectivity index (χ1n) is 7.38. The van der Waals surface area contributed by atoms with Crippen LogP contribution < -0.4 is 10.1 Å². The fraction of sp³-hybridized carbons (Fsp3) is 0.250. The van der Waals surface area contributed by atoms with Gasteiger partial charge in [0.25, 0.3) is 5.88 Å². The van der Waals surface area contributed by atoms with Crippen LogP contribution in [0.4, 0.5) is 5.82 Å². The van der Waals surface area contributed by atoms with Crippen molar-refractivity contribution in [2.75, 3.05) is 5.32 Å². The molecule has 0 radical (unpaired) electrons. The molecule has 0 fully saturated rings. The molecule has 0 bridgehead atoms. The van der Waals surface area contributed by atoms with Gasteiger partial charge in [0.1, 0.15) is 6.33 Å². The molecule has 0 aliphatic heterocycles. The first-order chi connectivity index (χ1) is 11.2. The van der Waals surface area contributed by atoms with Crippen LogP contribution in [0.15, 0.2) is 43.0 Å². The molecular formula is C16H18N6O. The second-order valence-corrected chi connectivity index (χ2v) is 5.26. The Labute approximate surface area is 134 Å². The Morgan fingerprint density at radius 1 is 1.17 bits per heavy atom. The molecule has 0 spiro atoms. The lowest BCUT2D eigenvalue weighted by Gasteiger charge is -2.13. The molecule has 23 heavy (non-hydrogen) atoms. The van der Waals surface area contributed by atoms with E-state index in [4.69, 9.17) is 4.74 Å². The number of aromatic amines is 1. The largest absolute Gasteiger partial charge is 0.472 e. The predicted octanol–water partition coefficient (Wildman–Crippen LogP) is 2.66. The minimum absolute atomic E-state index is 0.0435. The minimum Gasteiger partial charge on any atom is -0.472 e. The van der Waals surface area contributed by atoms with Gasteiger partial charge in [-0.15, -0.1) is 0 Å². The maximum absolute atomic E-state index is 5.66. The van der Waals surface area contributed by atoms with E-state index in [1.807, 2.05) is 38.1 Å². The first-order valence-corrected chi connectivity index (χ1v) is 7.38. The summed E-state index contributed by atoms with van der Waals surface area (Å²) < 4.78 is 5.66. The maximum atomic E-state index is 5.66. The van der Waals surface area contributed by atoms with Gasteiger partial charge >= 0.3 is 0 Å². The second-order valence-electron chi connectivity index (χ2n) is 5.26. The van der Waals surface area contributed by atoms with Crippen molar-refractivity contribution in [2.24, 2.45) is 0 Å². The van der Waals surface area contributed by atoms with E-state index in [-0.39, 0.29) is 6.10 Å². The molecule has 2 aromatic heterocycles. The number of aromatic nitrogens is 5. The molecule has 0 aliphatic rings. The normalized spacial score (nSPS) is 10.7. The lowest BCUT2D eigenvalue weighted by Crippen LogP contribution is -2.11. The Kier molecular flexibility index (Phi) is 4.46. The van der Waals surface area contributed by atoms with Crippen molar-refractivity contribution in [1.82, 2.24) is 25.1 Å². The number of rotatable bonds is 6. The standard InChI is InChI=1S/C16H18N6O/c1-11(2)23-16-15(17-6-7-18-16)19-9-12-4-3-5-13(8-12)14-20-10-21-22-14/h3-8,10-11H,9H2,1-2H3,(H,17,19)(H,20,21,22). The van der Waals surface area contributed by atoms with Gasteiger partial charge < -0.3 is 10.1 Å². The van der Waals surface area contributed by atoms with Crippen LogP contribution in [0.5, 0.6) is 5.88 Å². The van der Waals surface area contributed by atoms with E-state index in [1.54, 1.807) is 12.4 Å². The van der Waals surface area contributed by atoms with E-state index < -0.39 is 0 Å². The van der Waals surface area contributed by atoms with E-state index in [2.05, 4.69) is 30.5 Å². The molecule has 118 valence electrons. The molecule has 2 N–H and O–H groups in total. The van der Waals surface area contributed by atoms with Gasteiger partial charge in [0.05, 0.1) is 6.10 Å². The predicted molar refractivity (Wildman–Crippen MR) is 86.9 cm³/mol. The van der Waals surface area contributed by atoms with E-state index in [1.165, 1.54) is 6.33 Å². The Balaban J connectivity index is 1.73. The summed E-state index contributed by atoms with van der Waals surface area (Å²) in [5.41, 5.74) is 2.08. The zero-order valence-electron chi connectivity index (χ0n) is 13.0. The number of nitrogens with zero attached hydrogens (tertiary/aromatic N) is 4. The van der Waals surface area contributed by atoms with Crippen LogP contribution in [0.2, 0.25) is 0 Å². The monoisotopic (exact) mass is 310 g/mol. The third-order valence-electron chi connectivity index (χ3n) is 3.09. The van der Waals surface area contributed by atoms with E-state index >= 15 is 0 Å². The highest BCUT2D eigenvalue weighted by Gasteiger charge is 2.08. The molecule has 2 heterocycles. The van der Waals surface area contributed by atoms with Gasteiger partial charge in [0.15, 0.2) is 11.6 Å². The fourth-order valence-corrected chi connectivity index (χ4v) is 2.11. The van der Waals surface area contributed by atoms with Crippen LogP contribution in [-0.2, 0) is 6.54 Å². The molecule has 0 saturated heterocycles. The number of benzene rings is 1. The summed E-state index contributed by atoms with van der Waals surface area (Å²) in [4.78, 5) is 12.7. The van der Waals surface area contributed by atoms with Gasteiger partial charge in [-0.05, 0) is 25.5 Å². The summed E-state index contributed by atoms with van der Waals surface area (Å²) >= 11 is 0. The second kappa shape index (κ2) is 6.87. The van der Waals surface area contributed by atoms with Crippen molar-refractivity contribution >= 4 is 5.82 Å².